The van der Waals surface area contributed by atoms with E-state index in [1.165, 1.54) is 19.4 Å². The van der Waals surface area contributed by atoms with Crippen molar-refractivity contribution in [3.63, 3.8) is 0 Å². The molecule has 0 aromatic carbocycles. The van der Waals surface area contributed by atoms with Crippen molar-refractivity contribution in [1.29, 1.82) is 0 Å². The predicted molar refractivity (Wildman–Crippen MR) is 61.6 cm³/mol. The summed E-state index contributed by atoms with van der Waals surface area (Å²) in [5.74, 6) is 3.37. The van der Waals surface area contributed by atoms with Gasteiger partial charge in [0.15, 0.2) is 0 Å². The maximum atomic E-state index is 3.81. The molecule has 1 heteroatoms. The summed E-state index contributed by atoms with van der Waals surface area (Å²) >= 11 is 0. The first-order valence-electron chi connectivity index (χ1n) is 7.07. The van der Waals surface area contributed by atoms with E-state index in [0.29, 0.717) is 0 Å². The number of hydrogen-bond donors (Lipinski definition) is 1. The van der Waals surface area contributed by atoms with Gasteiger partial charge in [-0.05, 0) is 81.1 Å². The topological polar surface area (TPSA) is 12.0 Å². The molecule has 5 aliphatic rings. The Morgan fingerprint density at radius 3 is 1.93 bits per heavy atom. The first-order chi connectivity index (χ1) is 7.34. The minimum atomic E-state index is 0.769. The van der Waals surface area contributed by atoms with Crippen LogP contribution in [0.4, 0.5) is 0 Å². The lowest BCUT2D eigenvalue weighted by molar-refractivity contribution is -0.0704. The largest absolute Gasteiger partial charge is 0.313 e. The van der Waals surface area contributed by atoms with Crippen LogP contribution in [-0.2, 0) is 0 Å². The molecule has 1 atom stereocenters. The van der Waals surface area contributed by atoms with E-state index in [0.717, 1.165) is 29.2 Å². The molecule has 1 saturated heterocycles. The summed E-state index contributed by atoms with van der Waals surface area (Å²) in [6.45, 7) is 1.30. The quantitative estimate of drug-likeness (QED) is 0.694. The maximum absolute atomic E-state index is 3.81. The van der Waals surface area contributed by atoms with Crippen LogP contribution in [0.5, 0.6) is 0 Å². The smallest absolute Gasteiger partial charge is 0.0124 e. The molecular formula is C14H23N. The molecule has 15 heavy (non-hydrogen) atoms. The Morgan fingerprint density at radius 1 is 0.867 bits per heavy atom. The zero-order valence-corrected chi connectivity index (χ0v) is 9.67. The van der Waals surface area contributed by atoms with Crippen molar-refractivity contribution in [3.8, 4) is 0 Å². The highest BCUT2D eigenvalue weighted by molar-refractivity contribution is 5.07. The molecule has 5 rings (SSSR count). The first kappa shape index (κ1) is 9.04. The standard InChI is InChI=1S/C14H23N/c1-2-13(15-3-1)14-7-10-4-11(8-14)6-12(5-10)9-14/h10-13,15H,1-9H2/t10?,11?,12?,13-,14?/m1/s1. The van der Waals surface area contributed by atoms with Gasteiger partial charge in [0.25, 0.3) is 0 Å². The van der Waals surface area contributed by atoms with E-state index in [1.807, 2.05) is 0 Å². The van der Waals surface area contributed by atoms with E-state index < -0.39 is 0 Å². The van der Waals surface area contributed by atoms with Crippen molar-refractivity contribution in [2.75, 3.05) is 6.54 Å². The van der Waals surface area contributed by atoms with Gasteiger partial charge < -0.3 is 5.32 Å². The zero-order valence-electron chi connectivity index (χ0n) is 9.67. The fourth-order valence-electron chi connectivity index (χ4n) is 5.81. The van der Waals surface area contributed by atoms with Crippen molar-refractivity contribution < 1.29 is 0 Å². The highest BCUT2D eigenvalue weighted by atomic mass is 15.0. The van der Waals surface area contributed by atoms with Gasteiger partial charge in [-0.3, -0.25) is 0 Å². The third-order valence-corrected chi connectivity index (χ3v) is 5.89. The number of hydrogen-bond acceptors (Lipinski definition) is 1. The minimum absolute atomic E-state index is 0.769. The van der Waals surface area contributed by atoms with Crippen LogP contribution in [-0.4, -0.2) is 12.6 Å². The third-order valence-electron chi connectivity index (χ3n) is 5.89. The Balaban J connectivity index is 1.65. The van der Waals surface area contributed by atoms with Crippen LogP contribution in [0.25, 0.3) is 0 Å². The van der Waals surface area contributed by atoms with Gasteiger partial charge in [0, 0.05) is 6.04 Å². The fraction of sp³-hybridized carbons (Fsp3) is 1.00. The van der Waals surface area contributed by atoms with E-state index >= 15 is 0 Å². The van der Waals surface area contributed by atoms with Gasteiger partial charge in [0.2, 0.25) is 0 Å². The summed E-state index contributed by atoms with van der Waals surface area (Å²) in [5, 5.41) is 3.81. The van der Waals surface area contributed by atoms with E-state index in [2.05, 4.69) is 5.32 Å². The van der Waals surface area contributed by atoms with Crippen molar-refractivity contribution in [3.05, 3.63) is 0 Å². The average molecular weight is 205 g/mol. The van der Waals surface area contributed by atoms with Crippen molar-refractivity contribution >= 4 is 0 Å². The van der Waals surface area contributed by atoms with Crippen molar-refractivity contribution in [2.24, 2.45) is 23.2 Å². The molecule has 1 nitrogen and oxygen atoms in total. The van der Waals surface area contributed by atoms with Crippen LogP contribution < -0.4 is 5.32 Å². The Kier molecular flexibility index (Phi) is 1.81. The fourth-order valence-corrected chi connectivity index (χ4v) is 5.81. The van der Waals surface area contributed by atoms with E-state index in [1.54, 1.807) is 38.5 Å². The Labute approximate surface area is 93.0 Å². The second-order valence-corrected chi connectivity index (χ2v) is 6.93. The number of rotatable bonds is 1. The lowest BCUT2D eigenvalue weighted by Crippen LogP contribution is -2.54. The lowest BCUT2D eigenvalue weighted by Gasteiger charge is -2.59. The van der Waals surface area contributed by atoms with Gasteiger partial charge >= 0.3 is 0 Å². The Morgan fingerprint density at radius 2 is 1.47 bits per heavy atom. The molecule has 4 bridgehead atoms. The van der Waals surface area contributed by atoms with Crippen molar-refractivity contribution in [2.45, 2.75) is 57.4 Å². The van der Waals surface area contributed by atoms with Crippen molar-refractivity contribution in [1.82, 2.24) is 5.32 Å². The van der Waals surface area contributed by atoms with Gasteiger partial charge in [-0.25, -0.2) is 0 Å². The van der Waals surface area contributed by atoms with Gasteiger partial charge in [-0.2, -0.15) is 0 Å². The molecule has 0 radical (unpaired) electrons. The van der Waals surface area contributed by atoms with Gasteiger partial charge in [0.1, 0.15) is 0 Å². The van der Waals surface area contributed by atoms with Gasteiger partial charge in [-0.15, -0.1) is 0 Å². The van der Waals surface area contributed by atoms with E-state index in [9.17, 15) is 0 Å². The molecule has 4 aliphatic carbocycles. The van der Waals surface area contributed by atoms with Crippen LogP contribution in [0.15, 0.2) is 0 Å². The minimum Gasteiger partial charge on any atom is -0.313 e. The highest BCUT2D eigenvalue weighted by Gasteiger charge is 2.54. The number of nitrogens with one attached hydrogen (secondary N) is 1. The third kappa shape index (κ3) is 1.25. The molecule has 1 heterocycles. The summed E-state index contributed by atoms with van der Waals surface area (Å²) in [4.78, 5) is 0. The molecular weight excluding hydrogens is 182 g/mol. The normalized spacial score (nSPS) is 57.6. The molecule has 84 valence electrons. The second-order valence-electron chi connectivity index (χ2n) is 6.93. The zero-order chi connectivity index (χ0) is 9.88. The van der Waals surface area contributed by atoms with Crippen LogP contribution in [0, 0.1) is 23.2 Å². The molecule has 0 aromatic rings. The SMILES string of the molecule is C1CN[C@@H](C23CC4CC(CC(C4)C2)C3)C1. The summed E-state index contributed by atoms with van der Waals surface area (Å²) in [5.41, 5.74) is 0.769. The molecule has 5 fully saturated rings. The predicted octanol–water partition coefficient (Wildman–Crippen LogP) is 2.95. The maximum Gasteiger partial charge on any atom is 0.0124 e. The summed E-state index contributed by atoms with van der Waals surface area (Å²) in [6.07, 6.45) is 12.4. The highest BCUT2D eigenvalue weighted by Crippen LogP contribution is 2.62. The average Bonchev–Trinajstić information content (AvgIpc) is 2.67. The molecule has 4 saturated carbocycles. The molecule has 0 spiro atoms. The molecule has 1 N–H and O–H groups in total. The van der Waals surface area contributed by atoms with E-state index in [4.69, 9.17) is 0 Å². The lowest BCUT2D eigenvalue weighted by atomic mass is 9.47. The Bertz CT molecular complexity index is 229. The Hall–Kier alpha value is -0.0400. The van der Waals surface area contributed by atoms with Crippen LogP contribution in [0.2, 0.25) is 0 Å². The molecule has 0 amide bonds. The van der Waals surface area contributed by atoms with Crippen LogP contribution in [0.1, 0.15) is 51.4 Å². The molecule has 0 unspecified atom stereocenters. The summed E-state index contributed by atoms with van der Waals surface area (Å²) in [6, 6.07) is 0.908. The summed E-state index contributed by atoms with van der Waals surface area (Å²) < 4.78 is 0. The molecule has 0 aromatic heterocycles. The monoisotopic (exact) mass is 205 g/mol. The van der Waals surface area contributed by atoms with Crippen LogP contribution >= 0.6 is 0 Å². The van der Waals surface area contributed by atoms with E-state index in [-0.39, 0.29) is 0 Å². The van der Waals surface area contributed by atoms with Gasteiger partial charge in [0.05, 0.1) is 0 Å². The van der Waals surface area contributed by atoms with Crippen LogP contribution in [0.3, 0.4) is 0 Å². The first-order valence-corrected chi connectivity index (χ1v) is 7.07. The van der Waals surface area contributed by atoms with Gasteiger partial charge in [-0.1, -0.05) is 0 Å². The molecule has 1 aliphatic heterocycles. The second kappa shape index (κ2) is 3.00. The summed E-state index contributed by atoms with van der Waals surface area (Å²) in [7, 11) is 0.